The second-order valence-electron chi connectivity index (χ2n) is 8.77. The lowest BCUT2D eigenvalue weighted by molar-refractivity contribution is -0.122. The molecule has 1 aliphatic rings. The molecule has 6 heteroatoms. The van der Waals surface area contributed by atoms with Crippen LogP contribution in [-0.4, -0.2) is 49.9 Å². The molecule has 0 atom stereocenters. The summed E-state index contributed by atoms with van der Waals surface area (Å²) in [5.74, 6) is -0.310. The SMILES string of the molecule is Cc1ccc(C=C2Sc3ccccc3N(CC(=O)NCCN(C)CCc3ccccc3)C2=O)cc1. The number of nitrogens with one attached hydrogen (secondary N) is 1. The molecule has 3 aromatic rings. The largest absolute Gasteiger partial charge is 0.353 e. The van der Waals surface area contributed by atoms with Crippen LogP contribution in [0.3, 0.4) is 0 Å². The maximum atomic E-state index is 13.3. The van der Waals surface area contributed by atoms with Crippen molar-refractivity contribution in [1.29, 1.82) is 0 Å². The summed E-state index contributed by atoms with van der Waals surface area (Å²) >= 11 is 1.45. The van der Waals surface area contributed by atoms with Gasteiger partial charge in [-0.2, -0.15) is 0 Å². The fourth-order valence-electron chi connectivity index (χ4n) is 3.90. The summed E-state index contributed by atoms with van der Waals surface area (Å²) in [6.07, 6.45) is 2.87. The number of carbonyl (C=O) groups excluding carboxylic acids is 2. The Hall–Kier alpha value is -3.35. The van der Waals surface area contributed by atoms with Gasteiger partial charge in [-0.1, -0.05) is 84.1 Å². The van der Waals surface area contributed by atoms with E-state index in [1.54, 1.807) is 4.90 Å². The van der Waals surface area contributed by atoms with Crippen molar-refractivity contribution in [3.63, 3.8) is 0 Å². The van der Waals surface area contributed by atoms with Gasteiger partial charge in [-0.25, -0.2) is 0 Å². The number of fused-ring (bicyclic) bond motifs is 1. The molecule has 0 unspecified atom stereocenters. The minimum Gasteiger partial charge on any atom is -0.353 e. The molecular formula is C29H31N3O2S. The molecule has 35 heavy (non-hydrogen) atoms. The highest BCUT2D eigenvalue weighted by molar-refractivity contribution is 8.04. The van der Waals surface area contributed by atoms with Crippen molar-refractivity contribution in [2.24, 2.45) is 0 Å². The van der Waals surface area contributed by atoms with Gasteiger partial charge in [0.05, 0.1) is 10.6 Å². The third-order valence-electron chi connectivity index (χ3n) is 5.95. The highest BCUT2D eigenvalue weighted by atomic mass is 32.2. The topological polar surface area (TPSA) is 52.7 Å². The lowest BCUT2D eigenvalue weighted by Gasteiger charge is -2.30. The van der Waals surface area contributed by atoms with Crippen LogP contribution in [0.25, 0.3) is 6.08 Å². The van der Waals surface area contributed by atoms with E-state index in [1.807, 2.05) is 67.6 Å². The lowest BCUT2D eigenvalue weighted by Crippen LogP contribution is -2.44. The molecule has 0 saturated heterocycles. The van der Waals surface area contributed by atoms with Crippen molar-refractivity contribution in [3.8, 4) is 0 Å². The number of para-hydroxylation sites is 1. The first kappa shape index (κ1) is 24.8. The normalized spacial score (nSPS) is 14.3. The predicted octanol–water partition coefficient (Wildman–Crippen LogP) is 4.77. The molecule has 4 rings (SSSR count). The summed E-state index contributed by atoms with van der Waals surface area (Å²) < 4.78 is 0. The molecule has 0 saturated carbocycles. The smallest absolute Gasteiger partial charge is 0.265 e. The van der Waals surface area contributed by atoms with Crippen molar-refractivity contribution in [3.05, 3.63) is 100 Å². The van der Waals surface area contributed by atoms with E-state index in [-0.39, 0.29) is 18.4 Å². The highest BCUT2D eigenvalue weighted by Gasteiger charge is 2.30. The predicted molar refractivity (Wildman–Crippen MR) is 144 cm³/mol. The molecule has 1 heterocycles. The lowest BCUT2D eigenvalue weighted by atomic mass is 10.1. The quantitative estimate of drug-likeness (QED) is 0.444. The number of hydrogen-bond acceptors (Lipinski definition) is 4. The first-order valence-corrected chi connectivity index (χ1v) is 12.7. The molecule has 0 fully saturated rings. The Morgan fingerprint density at radius 1 is 0.971 bits per heavy atom. The number of benzene rings is 3. The highest BCUT2D eigenvalue weighted by Crippen LogP contribution is 2.41. The second kappa shape index (κ2) is 11.9. The van der Waals surface area contributed by atoms with Gasteiger partial charge in [0, 0.05) is 24.5 Å². The van der Waals surface area contributed by atoms with Crippen LogP contribution in [-0.2, 0) is 16.0 Å². The molecule has 0 bridgehead atoms. The van der Waals surface area contributed by atoms with E-state index in [0.717, 1.165) is 35.7 Å². The molecule has 1 aliphatic heterocycles. The summed E-state index contributed by atoms with van der Waals surface area (Å²) in [5.41, 5.74) is 4.22. The summed E-state index contributed by atoms with van der Waals surface area (Å²) in [6.45, 7) is 4.23. The van der Waals surface area contributed by atoms with Gasteiger partial charge in [0.1, 0.15) is 6.54 Å². The molecule has 2 amide bonds. The maximum absolute atomic E-state index is 13.3. The summed E-state index contributed by atoms with van der Waals surface area (Å²) in [7, 11) is 2.05. The van der Waals surface area contributed by atoms with Crippen LogP contribution in [0, 0.1) is 6.92 Å². The van der Waals surface area contributed by atoms with Crippen LogP contribution >= 0.6 is 11.8 Å². The molecule has 5 nitrogen and oxygen atoms in total. The van der Waals surface area contributed by atoms with Gasteiger partial charge in [-0.3, -0.25) is 14.5 Å². The number of thioether (sulfide) groups is 1. The fraction of sp³-hybridized carbons (Fsp3) is 0.241. The molecule has 1 N–H and O–H groups in total. The number of aryl methyl sites for hydroxylation is 1. The van der Waals surface area contributed by atoms with E-state index in [0.29, 0.717) is 11.4 Å². The van der Waals surface area contributed by atoms with Gasteiger partial charge in [0.15, 0.2) is 0 Å². The third kappa shape index (κ3) is 6.84. The van der Waals surface area contributed by atoms with Crippen LogP contribution in [0.1, 0.15) is 16.7 Å². The second-order valence-corrected chi connectivity index (χ2v) is 9.85. The number of carbonyl (C=O) groups is 2. The van der Waals surface area contributed by atoms with Crippen molar-refractivity contribution >= 4 is 35.3 Å². The Bertz CT molecular complexity index is 1190. The van der Waals surface area contributed by atoms with E-state index in [1.165, 1.54) is 22.9 Å². The van der Waals surface area contributed by atoms with Crippen molar-refractivity contribution < 1.29 is 9.59 Å². The van der Waals surface area contributed by atoms with Gasteiger partial charge in [0.25, 0.3) is 5.91 Å². The number of likely N-dealkylation sites (N-methyl/N-ethyl adjacent to an activating group) is 1. The average Bonchev–Trinajstić information content (AvgIpc) is 2.87. The van der Waals surface area contributed by atoms with Crippen molar-refractivity contribution in [2.45, 2.75) is 18.2 Å². The van der Waals surface area contributed by atoms with Crippen LogP contribution < -0.4 is 10.2 Å². The number of nitrogens with zero attached hydrogens (tertiary/aromatic N) is 2. The molecular weight excluding hydrogens is 454 g/mol. The average molecular weight is 486 g/mol. The fourth-order valence-corrected chi connectivity index (χ4v) is 4.95. The zero-order valence-electron chi connectivity index (χ0n) is 20.2. The maximum Gasteiger partial charge on any atom is 0.265 e. The number of amides is 2. The minimum absolute atomic E-state index is 0.00459. The van der Waals surface area contributed by atoms with Gasteiger partial charge < -0.3 is 10.2 Å². The molecule has 0 spiro atoms. The van der Waals surface area contributed by atoms with E-state index >= 15 is 0 Å². The van der Waals surface area contributed by atoms with Crippen LogP contribution in [0.5, 0.6) is 0 Å². The molecule has 180 valence electrons. The molecule has 3 aromatic carbocycles. The van der Waals surface area contributed by atoms with Crippen LogP contribution in [0.2, 0.25) is 0 Å². The number of rotatable bonds is 9. The standard InChI is InChI=1S/C29H31N3O2S/c1-22-12-14-24(15-13-22)20-27-29(34)32(25-10-6-7-11-26(25)35-27)21-28(33)30-17-19-31(2)18-16-23-8-4-3-5-9-23/h3-15,20H,16-19,21H2,1-2H3,(H,30,33). The Balaban J connectivity index is 1.35. The van der Waals surface area contributed by atoms with E-state index < -0.39 is 0 Å². The zero-order chi connectivity index (χ0) is 24.6. The number of anilines is 1. The first-order valence-electron chi connectivity index (χ1n) is 11.9. The zero-order valence-corrected chi connectivity index (χ0v) is 21.1. The van der Waals surface area contributed by atoms with Crippen LogP contribution in [0.4, 0.5) is 5.69 Å². The summed E-state index contributed by atoms with van der Waals surface area (Å²) in [4.78, 5) is 31.5. The summed E-state index contributed by atoms with van der Waals surface area (Å²) in [5, 5.41) is 2.98. The number of hydrogen-bond donors (Lipinski definition) is 1. The Morgan fingerprint density at radius 3 is 2.46 bits per heavy atom. The monoisotopic (exact) mass is 485 g/mol. The van der Waals surface area contributed by atoms with Gasteiger partial charge in [-0.15, -0.1) is 0 Å². The molecule has 0 aromatic heterocycles. The molecule has 0 aliphatic carbocycles. The van der Waals surface area contributed by atoms with E-state index in [9.17, 15) is 9.59 Å². The van der Waals surface area contributed by atoms with Gasteiger partial charge >= 0.3 is 0 Å². The first-order chi connectivity index (χ1) is 17.0. The molecule has 0 radical (unpaired) electrons. The minimum atomic E-state index is -0.161. The Morgan fingerprint density at radius 2 is 1.69 bits per heavy atom. The van der Waals surface area contributed by atoms with Crippen molar-refractivity contribution in [1.82, 2.24) is 10.2 Å². The van der Waals surface area contributed by atoms with Gasteiger partial charge in [-0.05, 0) is 49.7 Å². The third-order valence-corrected chi connectivity index (χ3v) is 7.03. The summed E-state index contributed by atoms with van der Waals surface area (Å²) in [6, 6.07) is 26.2. The van der Waals surface area contributed by atoms with Crippen molar-refractivity contribution in [2.75, 3.05) is 38.1 Å². The Kier molecular flexibility index (Phi) is 8.40. The van der Waals surface area contributed by atoms with Crippen LogP contribution in [0.15, 0.2) is 88.7 Å². The van der Waals surface area contributed by atoms with E-state index in [2.05, 4.69) is 41.5 Å². The van der Waals surface area contributed by atoms with Gasteiger partial charge in [0.2, 0.25) is 5.91 Å². The van der Waals surface area contributed by atoms with E-state index in [4.69, 9.17) is 0 Å². The Labute approximate surface area is 211 Å².